The molecule has 0 fully saturated rings. The van der Waals surface area contributed by atoms with Gasteiger partial charge in [-0.05, 0) is 43.2 Å². The Morgan fingerprint density at radius 2 is 1.78 bits per heavy atom. The van der Waals surface area contributed by atoms with Crippen molar-refractivity contribution in [1.29, 1.82) is 0 Å². The van der Waals surface area contributed by atoms with Gasteiger partial charge in [0.2, 0.25) is 5.91 Å². The molecule has 0 bridgehead atoms. The van der Waals surface area contributed by atoms with E-state index in [4.69, 9.17) is 4.74 Å². The summed E-state index contributed by atoms with van der Waals surface area (Å²) < 4.78 is 5.20. The SMILES string of the molecule is COc1ccc(-c2nc(NC(=O)C(C)(C)Cc3ccccc3)sc2C)cc1. The Labute approximate surface area is 164 Å². The van der Waals surface area contributed by atoms with Gasteiger partial charge in [0.25, 0.3) is 0 Å². The molecule has 0 radical (unpaired) electrons. The van der Waals surface area contributed by atoms with Crippen LogP contribution in [-0.2, 0) is 11.2 Å². The lowest BCUT2D eigenvalue weighted by molar-refractivity contribution is -0.123. The second-order valence-electron chi connectivity index (χ2n) is 7.15. The first-order valence-electron chi connectivity index (χ1n) is 8.86. The minimum atomic E-state index is -0.527. The molecule has 5 heteroatoms. The van der Waals surface area contributed by atoms with Crippen molar-refractivity contribution in [2.45, 2.75) is 27.2 Å². The molecule has 1 N–H and O–H groups in total. The maximum absolute atomic E-state index is 12.8. The number of thiazole rings is 1. The molecular formula is C22H24N2O2S. The number of nitrogens with one attached hydrogen (secondary N) is 1. The van der Waals surface area contributed by atoms with E-state index in [-0.39, 0.29) is 5.91 Å². The lowest BCUT2D eigenvalue weighted by Gasteiger charge is -2.23. The summed E-state index contributed by atoms with van der Waals surface area (Å²) >= 11 is 1.50. The molecule has 2 aromatic carbocycles. The van der Waals surface area contributed by atoms with Gasteiger partial charge in [-0.3, -0.25) is 4.79 Å². The first-order chi connectivity index (χ1) is 12.9. The average Bonchev–Trinajstić information content (AvgIpc) is 3.02. The number of aromatic nitrogens is 1. The maximum Gasteiger partial charge on any atom is 0.232 e. The van der Waals surface area contributed by atoms with Crippen LogP contribution in [0, 0.1) is 12.3 Å². The molecule has 3 aromatic rings. The van der Waals surface area contributed by atoms with Gasteiger partial charge in [0, 0.05) is 15.9 Å². The molecule has 140 valence electrons. The van der Waals surface area contributed by atoms with E-state index < -0.39 is 5.41 Å². The van der Waals surface area contributed by atoms with Crippen LogP contribution >= 0.6 is 11.3 Å². The van der Waals surface area contributed by atoms with Crippen LogP contribution in [0.3, 0.4) is 0 Å². The standard InChI is InChI=1S/C22H24N2O2S/c1-15-19(17-10-12-18(26-4)13-11-17)23-21(27-15)24-20(25)22(2,3)14-16-8-6-5-7-9-16/h5-13H,14H2,1-4H3,(H,23,24,25). The topological polar surface area (TPSA) is 51.2 Å². The summed E-state index contributed by atoms with van der Waals surface area (Å²) in [6, 6.07) is 17.8. The van der Waals surface area contributed by atoms with Crippen molar-refractivity contribution in [3.63, 3.8) is 0 Å². The quantitative estimate of drug-likeness (QED) is 0.628. The van der Waals surface area contributed by atoms with Crippen molar-refractivity contribution in [2.75, 3.05) is 12.4 Å². The molecule has 4 nitrogen and oxygen atoms in total. The predicted octanol–water partition coefficient (Wildman–Crippen LogP) is 5.33. The van der Waals surface area contributed by atoms with E-state index in [1.165, 1.54) is 11.3 Å². The molecule has 27 heavy (non-hydrogen) atoms. The number of benzene rings is 2. The van der Waals surface area contributed by atoms with Crippen LogP contribution in [-0.4, -0.2) is 18.0 Å². The fourth-order valence-electron chi connectivity index (χ4n) is 2.92. The molecular weight excluding hydrogens is 356 g/mol. The number of ether oxygens (including phenoxy) is 1. The van der Waals surface area contributed by atoms with Crippen LogP contribution in [0.15, 0.2) is 54.6 Å². The predicted molar refractivity (Wildman–Crippen MR) is 111 cm³/mol. The van der Waals surface area contributed by atoms with Crippen molar-refractivity contribution in [3.8, 4) is 17.0 Å². The van der Waals surface area contributed by atoms with E-state index in [2.05, 4.69) is 10.3 Å². The molecule has 1 heterocycles. The van der Waals surface area contributed by atoms with Crippen LogP contribution < -0.4 is 10.1 Å². The third-order valence-electron chi connectivity index (χ3n) is 4.48. The first-order valence-corrected chi connectivity index (χ1v) is 9.68. The van der Waals surface area contributed by atoms with Crippen molar-refractivity contribution in [2.24, 2.45) is 5.41 Å². The molecule has 3 rings (SSSR count). The van der Waals surface area contributed by atoms with E-state index in [1.807, 2.05) is 75.4 Å². The summed E-state index contributed by atoms with van der Waals surface area (Å²) in [6.07, 6.45) is 0.676. The highest BCUT2D eigenvalue weighted by Gasteiger charge is 2.29. The number of amides is 1. The summed E-state index contributed by atoms with van der Waals surface area (Å²) in [7, 11) is 1.65. The third kappa shape index (κ3) is 4.55. The number of anilines is 1. The van der Waals surface area contributed by atoms with Gasteiger partial charge in [0.15, 0.2) is 5.13 Å². The Morgan fingerprint density at radius 3 is 2.41 bits per heavy atom. The van der Waals surface area contributed by atoms with Crippen molar-refractivity contribution >= 4 is 22.4 Å². The van der Waals surface area contributed by atoms with Gasteiger partial charge in [-0.1, -0.05) is 44.2 Å². The van der Waals surface area contributed by atoms with Gasteiger partial charge >= 0.3 is 0 Å². The molecule has 0 saturated carbocycles. The first kappa shape index (κ1) is 19.1. The lowest BCUT2D eigenvalue weighted by atomic mass is 9.85. The highest BCUT2D eigenvalue weighted by molar-refractivity contribution is 7.16. The molecule has 1 amide bonds. The monoisotopic (exact) mass is 380 g/mol. The van der Waals surface area contributed by atoms with Gasteiger partial charge in [-0.2, -0.15) is 0 Å². The van der Waals surface area contributed by atoms with Gasteiger partial charge in [-0.25, -0.2) is 4.98 Å². The van der Waals surface area contributed by atoms with Crippen molar-refractivity contribution in [3.05, 3.63) is 65.0 Å². The normalized spacial score (nSPS) is 11.3. The smallest absolute Gasteiger partial charge is 0.232 e. The third-order valence-corrected chi connectivity index (χ3v) is 5.37. The van der Waals surface area contributed by atoms with E-state index in [0.29, 0.717) is 11.6 Å². The molecule has 0 aliphatic rings. The van der Waals surface area contributed by atoms with Crippen LogP contribution in [0.25, 0.3) is 11.3 Å². The largest absolute Gasteiger partial charge is 0.497 e. The summed E-state index contributed by atoms with van der Waals surface area (Å²) in [6.45, 7) is 5.93. The number of hydrogen-bond acceptors (Lipinski definition) is 4. The van der Waals surface area contributed by atoms with Crippen LogP contribution in [0.1, 0.15) is 24.3 Å². The van der Waals surface area contributed by atoms with Crippen LogP contribution in [0.2, 0.25) is 0 Å². The second-order valence-corrected chi connectivity index (χ2v) is 8.36. The molecule has 0 unspecified atom stereocenters. The molecule has 0 aliphatic carbocycles. The Hall–Kier alpha value is -2.66. The van der Waals surface area contributed by atoms with Crippen molar-refractivity contribution in [1.82, 2.24) is 4.98 Å². The summed E-state index contributed by atoms with van der Waals surface area (Å²) in [4.78, 5) is 18.5. The second kappa shape index (κ2) is 7.92. The van der Waals surface area contributed by atoms with E-state index in [9.17, 15) is 4.79 Å². The summed E-state index contributed by atoms with van der Waals surface area (Å²) in [5.41, 5.74) is 2.51. The van der Waals surface area contributed by atoms with E-state index in [0.717, 1.165) is 27.4 Å². The highest BCUT2D eigenvalue weighted by Crippen LogP contribution is 2.32. The van der Waals surface area contributed by atoms with Crippen LogP contribution in [0.4, 0.5) is 5.13 Å². The maximum atomic E-state index is 12.8. The van der Waals surface area contributed by atoms with E-state index >= 15 is 0 Å². The van der Waals surface area contributed by atoms with Crippen LogP contribution in [0.5, 0.6) is 5.75 Å². The Balaban J connectivity index is 1.74. The fraction of sp³-hybridized carbons (Fsp3) is 0.273. The average molecular weight is 381 g/mol. The lowest BCUT2D eigenvalue weighted by Crippen LogP contribution is -2.32. The molecule has 0 spiro atoms. The zero-order valence-electron chi connectivity index (χ0n) is 16.1. The van der Waals surface area contributed by atoms with Gasteiger partial charge in [-0.15, -0.1) is 11.3 Å². The number of rotatable bonds is 6. The number of carbonyl (C=O) groups is 1. The summed E-state index contributed by atoms with van der Waals surface area (Å²) in [5.74, 6) is 0.782. The van der Waals surface area contributed by atoms with Crippen molar-refractivity contribution < 1.29 is 9.53 Å². The zero-order chi connectivity index (χ0) is 19.4. The number of nitrogens with zero attached hydrogens (tertiary/aromatic N) is 1. The van der Waals surface area contributed by atoms with Gasteiger partial charge in [0.05, 0.1) is 12.8 Å². The number of hydrogen-bond donors (Lipinski definition) is 1. The highest BCUT2D eigenvalue weighted by atomic mass is 32.1. The zero-order valence-corrected chi connectivity index (χ0v) is 16.9. The fourth-order valence-corrected chi connectivity index (χ4v) is 3.75. The van der Waals surface area contributed by atoms with Gasteiger partial charge in [0.1, 0.15) is 5.75 Å². The number of aryl methyl sites for hydroxylation is 1. The van der Waals surface area contributed by atoms with E-state index in [1.54, 1.807) is 7.11 Å². The minimum Gasteiger partial charge on any atom is -0.497 e. The Morgan fingerprint density at radius 1 is 1.11 bits per heavy atom. The summed E-state index contributed by atoms with van der Waals surface area (Å²) in [5, 5.41) is 3.63. The Bertz CT molecular complexity index is 915. The minimum absolute atomic E-state index is 0.0265. The number of methoxy groups -OCH3 is 1. The van der Waals surface area contributed by atoms with Gasteiger partial charge < -0.3 is 10.1 Å². The number of carbonyl (C=O) groups excluding carboxylic acids is 1. The molecule has 1 aromatic heterocycles. The molecule has 0 saturated heterocycles. The Kier molecular flexibility index (Phi) is 5.61. The molecule has 0 aliphatic heterocycles. The molecule has 0 atom stereocenters.